The SMILES string of the molecule is CC(C)(C)c1ccccc1N1CCN(C(=O)c2ccc(OCC3CCN(C(=O)O)CC3)cc2)CC1. The van der Waals surface area contributed by atoms with Gasteiger partial charge in [-0.2, -0.15) is 0 Å². The van der Waals surface area contributed by atoms with Crippen LogP contribution in [0.5, 0.6) is 5.75 Å². The largest absolute Gasteiger partial charge is 0.493 e. The van der Waals surface area contributed by atoms with Crippen molar-refractivity contribution >= 4 is 17.7 Å². The summed E-state index contributed by atoms with van der Waals surface area (Å²) in [5.41, 5.74) is 3.35. The normalized spacial score (nSPS) is 17.4. The minimum atomic E-state index is -0.847. The third-order valence-corrected chi connectivity index (χ3v) is 7.09. The van der Waals surface area contributed by atoms with E-state index in [-0.39, 0.29) is 11.3 Å². The molecule has 4 rings (SSSR count). The van der Waals surface area contributed by atoms with Gasteiger partial charge >= 0.3 is 6.09 Å². The minimum absolute atomic E-state index is 0.0568. The molecule has 0 unspecified atom stereocenters. The van der Waals surface area contributed by atoms with Crippen molar-refractivity contribution in [3.63, 3.8) is 0 Å². The van der Waals surface area contributed by atoms with Gasteiger partial charge in [0.05, 0.1) is 6.61 Å². The predicted molar refractivity (Wildman–Crippen MR) is 138 cm³/mol. The van der Waals surface area contributed by atoms with Gasteiger partial charge in [0.25, 0.3) is 5.91 Å². The molecule has 35 heavy (non-hydrogen) atoms. The number of piperidine rings is 1. The number of para-hydroxylation sites is 1. The fourth-order valence-corrected chi connectivity index (χ4v) is 4.92. The Hall–Kier alpha value is -3.22. The Kier molecular flexibility index (Phi) is 7.53. The number of nitrogens with zero attached hydrogens (tertiary/aromatic N) is 3. The maximum absolute atomic E-state index is 13.1. The second-order valence-corrected chi connectivity index (χ2v) is 10.6. The topological polar surface area (TPSA) is 73.3 Å². The van der Waals surface area contributed by atoms with E-state index in [0.29, 0.717) is 44.3 Å². The number of hydrogen-bond donors (Lipinski definition) is 1. The molecule has 2 aliphatic rings. The number of benzene rings is 2. The van der Waals surface area contributed by atoms with Gasteiger partial charge in [0.1, 0.15) is 5.75 Å². The highest BCUT2D eigenvalue weighted by molar-refractivity contribution is 5.94. The van der Waals surface area contributed by atoms with Crippen LogP contribution in [0.25, 0.3) is 0 Å². The summed E-state index contributed by atoms with van der Waals surface area (Å²) < 4.78 is 5.93. The molecule has 2 saturated heterocycles. The Morgan fingerprint density at radius 3 is 2.11 bits per heavy atom. The number of anilines is 1. The van der Waals surface area contributed by atoms with Crippen LogP contribution in [0.2, 0.25) is 0 Å². The molecule has 2 aromatic rings. The first-order valence-electron chi connectivity index (χ1n) is 12.6. The Morgan fingerprint density at radius 1 is 0.886 bits per heavy atom. The summed E-state index contributed by atoms with van der Waals surface area (Å²) in [5, 5.41) is 9.06. The van der Waals surface area contributed by atoms with Crippen LogP contribution in [0.15, 0.2) is 48.5 Å². The third-order valence-electron chi connectivity index (χ3n) is 7.09. The van der Waals surface area contributed by atoms with Crippen molar-refractivity contribution in [1.29, 1.82) is 0 Å². The van der Waals surface area contributed by atoms with Crippen molar-refractivity contribution in [3.8, 4) is 5.75 Å². The molecule has 0 aromatic heterocycles. The molecule has 2 aliphatic heterocycles. The first-order valence-corrected chi connectivity index (χ1v) is 12.6. The van der Waals surface area contributed by atoms with Gasteiger partial charge in [0.2, 0.25) is 0 Å². The number of hydrogen-bond acceptors (Lipinski definition) is 4. The Labute approximate surface area is 208 Å². The molecular formula is C28H37N3O4. The van der Waals surface area contributed by atoms with E-state index < -0.39 is 6.09 Å². The molecule has 0 atom stereocenters. The molecule has 0 bridgehead atoms. The number of piperazine rings is 1. The summed E-state index contributed by atoms with van der Waals surface area (Å²) >= 11 is 0. The van der Waals surface area contributed by atoms with E-state index in [1.54, 1.807) is 0 Å². The summed E-state index contributed by atoms with van der Waals surface area (Å²) in [6.45, 7) is 11.4. The number of carboxylic acid groups (broad SMARTS) is 1. The summed E-state index contributed by atoms with van der Waals surface area (Å²) in [4.78, 5) is 29.9. The highest BCUT2D eigenvalue weighted by atomic mass is 16.5. The van der Waals surface area contributed by atoms with Gasteiger partial charge in [0.15, 0.2) is 0 Å². The van der Waals surface area contributed by atoms with Crippen LogP contribution in [0, 0.1) is 5.92 Å². The van der Waals surface area contributed by atoms with Crippen LogP contribution < -0.4 is 9.64 Å². The second-order valence-electron chi connectivity index (χ2n) is 10.6. The lowest BCUT2D eigenvalue weighted by molar-refractivity contribution is 0.0746. The minimum Gasteiger partial charge on any atom is -0.493 e. The van der Waals surface area contributed by atoms with Crippen molar-refractivity contribution in [1.82, 2.24) is 9.80 Å². The molecule has 2 aromatic carbocycles. The van der Waals surface area contributed by atoms with Crippen molar-refractivity contribution in [3.05, 3.63) is 59.7 Å². The van der Waals surface area contributed by atoms with Gasteiger partial charge in [-0.3, -0.25) is 4.79 Å². The Bertz CT molecular complexity index is 1020. The summed E-state index contributed by atoms with van der Waals surface area (Å²) in [6.07, 6.45) is 0.783. The van der Waals surface area contributed by atoms with Crippen molar-refractivity contribution in [2.75, 3.05) is 50.8 Å². The third kappa shape index (κ3) is 6.08. The van der Waals surface area contributed by atoms with Gasteiger partial charge in [-0.05, 0) is 60.1 Å². The van der Waals surface area contributed by atoms with Crippen LogP contribution in [0.1, 0.15) is 49.5 Å². The molecule has 2 amide bonds. The fraction of sp³-hybridized carbons (Fsp3) is 0.500. The molecule has 7 nitrogen and oxygen atoms in total. The molecule has 0 radical (unpaired) electrons. The first-order chi connectivity index (χ1) is 16.7. The first kappa shape index (κ1) is 24.9. The maximum Gasteiger partial charge on any atom is 0.407 e. The van der Waals surface area contributed by atoms with E-state index in [0.717, 1.165) is 31.7 Å². The number of amides is 2. The molecule has 0 spiro atoms. The molecule has 2 heterocycles. The number of carbonyl (C=O) groups is 2. The Morgan fingerprint density at radius 2 is 1.51 bits per heavy atom. The van der Waals surface area contributed by atoms with Gasteiger partial charge < -0.3 is 24.5 Å². The Balaban J connectivity index is 1.28. The van der Waals surface area contributed by atoms with Crippen molar-refractivity contribution in [2.45, 2.75) is 39.0 Å². The smallest absolute Gasteiger partial charge is 0.407 e. The quantitative estimate of drug-likeness (QED) is 0.672. The van der Waals surface area contributed by atoms with Gasteiger partial charge in [-0.1, -0.05) is 39.0 Å². The zero-order chi connectivity index (χ0) is 25.0. The van der Waals surface area contributed by atoms with E-state index in [1.165, 1.54) is 16.2 Å². The molecule has 7 heteroatoms. The van der Waals surface area contributed by atoms with Crippen molar-refractivity contribution < 1.29 is 19.4 Å². The summed E-state index contributed by atoms with van der Waals surface area (Å²) in [5.74, 6) is 1.15. The molecule has 1 N–H and O–H groups in total. The fourth-order valence-electron chi connectivity index (χ4n) is 4.92. The number of ether oxygens (including phenoxy) is 1. The highest BCUT2D eigenvalue weighted by Crippen LogP contribution is 2.32. The monoisotopic (exact) mass is 479 g/mol. The maximum atomic E-state index is 13.1. The van der Waals surface area contributed by atoms with E-state index in [1.807, 2.05) is 29.2 Å². The number of carbonyl (C=O) groups excluding carboxylic acids is 1. The number of likely N-dealkylation sites (tertiary alicyclic amines) is 1. The average molecular weight is 480 g/mol. The van der Waals surface area contributed by atoms with Crippen LogP contribution in [0.3, 0.4) is 0 Å². The lowest BCUT2D eigenvalue weighted by Crippen LogP contribution is -2.49. The van der Waals surface area contributed by atoms with E-state index in [2.05, 4.69) is 49.9 Å². The van der Waals surface area contributed by atoms with Crippen LogP contribution in [-0.2, 0) is 5.41 Å². The molecular weight excluding hydrogens is 442 g/mol. The molecule has 188 valence electrons. The molecule has 0 aliphatic carbocycles. The zero-order valence-electron chi connectivity index (χ0n) is 21.1. The summed E-state index contributed by atoms with van der Waals surface area (Å²) in [6, 6.07) is 16.0. The molecule has 0 saturated carbocycles. The van der Waals surface area contributed by atoms with Crippen LogP contribution in [0.4, 0.5) is 10.5 Å². The van der Waals surface area contributed by atoms with Crippen LogP contribution in [-0.4, -0.2) is 72.8 Å². The van der Waals surface area contributed by atoms with Crippen molar-refractivity contribution in [2.24, 2.45) is 5.92 Å². The van der Waals surface area contributed by atoms with Crippen LogP contribution >= 0.6 is 0 Å². The van der Waals surface area contributed by atoms with Gasteiger partial charge in [-0.25, -0.2) is 4.79 Å². The standard InChI is InChI=1S/C28H37N3O4/c1-28(2,3)24-6-4-5-7-25(24)29-16-18-30(19-17-29)26(32)22-8-10-23(11-9-22)35-20-21-12-14-31(15-13-21)27(33)34/h4-11,21H,12-20H2,1-3H3,(H,33,34). The van der Waals surface area contributed by atoms with E-state index in [4.69, 9.17) is 9.84 Å². The van der Waals surface area contributed by atoms with E-state index in [9.17, 15) is 9.59 Å². The average Bonchev–Trinajstić information content (AvgIpc) is 2.87. The van der Waals surface area contributed by atoms with E-state index >= 15 is 0 Å². The zero-order valence-corrected chi connectivity index (χ0v) is 21.1. The number of rotatable bonds is 5. The van der Waals surface area contributed by atoms with Gasteiger partial charge in [-0.15, -0.1) is 0 Å². The highest BCUT2D eigenvalue weighted by Gasteiger charge is 2.26. The predicted octanol–water partition coefficient (Wildman–Crippen LogP) is 4.72. The molecule has 2 fully saturated rings. The lowest BCUT2D eigenvalue weighted by Gasteiger charge is -2.38. The lowest BCUT2D eigenvalue weighted by atomic mass is 9.85. The second kappa shape index (κ2) is 10.6. The summed E-state index contributed by atoms with van der Waals surface area (Å²) in [7, 11) is 0. The van der Waals surface area contributed by atoms with Gasteiger partial charge in [0, 0.05) is 50.5 Å².